The van der Waals surface area contributed by atoms with Gasteiger partial charge < -0.3 is 18.8 Å². The summed E-state index contributed by atoms with van der Waals surface area (Å²) in [5, 5.41) is 0. The molecule has 6 nitrogen and oxygen atoms in total. The van der Waals surface area contributed by atoms with E-state index >= 15 is 0 Å². The Morgan fingerprint density at radius 1 is 1.03 bits per heavy atom. The zero-order valence-corrected chi connectivity index (χ0v) is 18.8. The number of ketones is 1. The molecule has 2 aromatic carbocycles. The molecule has 0 bridgehead atoms. The van der Waals surface area contributed by atoms with Crippen molar-refractivity contribution >= 4 is 11.8 Å². The number of para-hydroxylation sites is 2. The summed E-state index contributed by atoms with van der Waals surface area (Å²) in [5.41, 5.74) is 3.83. The normalized spacial score (nSPS) is 13.6. The number of aromatic nitrogens is 1. The van der Waals surface area contributed by atoms with E-state index in [1.165, 1.54) is 0 Å². The third-order valence-electron chi connectivity index (χ3n) is 5.89. The molecule has 1 aliphatic heterocycles. The molecular weight excluding hydrogens is 406 g/mol. The van der Waals surface area contributed by atoms with Gasteiger partial charge in [-0.25, -0.2) is 0 Å². The van der Waals surface area contributed by atoms with Crippen molar-refractivity contribution in [3.05, 3.63) is 82.7 Å². The largest absolute Gasteiger partial charge is 0.457 e. The third kappa shape index (κ3) is 3.94. The van der Waals surface area contributed by atoms with E-state index < -0.39 is 11.9 Å². The summed E-state index contributed by atoms with van der Waals surface area (Å²) in [6, 6.07) is 16.7. The lowest BCUT2D eigenvalue weighted by Crippen LogP contribution is -2.24. The van der Waals surface area contributed by atoms with Crippen molar-refractivity contribution in [2.24, 2.45) is 0 Å². The number of ether oxygens (including phenoxy) is 3. The van der Waals surface area contributed by atoms with Crippen LogP contribution in [0.3, 0.4) is 0 Å². The van der Waals surface area contributed by atoms with E-state index in [2.05, 4.69) is 4.57 Å². The maximum atomic E-state index is 13.2. The van der Waals surface area contributed by atoms with Crippen molar-refractivity contribution in [1.82, 2.24) is 4.57 Å². The summed E-state index contributed by atoms with van der Waals surface area (Å²) >= 11 is 0. The number of hydrogen-bond donors (Lipinski definition) is 0. The van der Waals surface area contributed by atoms with Crippen molar-refractivity contribution in [1.29, 1.82) is 0 Å². The van der Waals surface area contributed by atoms with E-state index in [1.807, 2.05) is 75.4 Å². The quantitative estimate of drug-likeness (QED) is 0.389. The van der Waals surface area contributed by atoms with Crippen LogP contribution in [-0.2, 0) is 14.3 Å². The molecule has 2 heterocycles. The first-order chi connectivity index (χ1) is 15.4. The number of aryl methyl sites for hydroxylation is 1. The Bertz CT molecular complexity index is 1120. The maximum absolute atomic E-state index is 13.2. The third-order valence-corrected chi connectivity index (χ3v) is 5.89. The number of rotatable bonds is 7. The first-order valence-electron chi connectivity index (χ1n) is 10.6. The topological polar surface area (TPSA) is 66.8 Å². The fraction of sp³-hybridized carbons (Fsp3) is 0.308. The number of carbonyl (C=O) groups excluding carboxylic acids is 2. The number of hydrogen-bond acceptors (Lipinski definition) is 5. The number of benzene rings is 2. The lowest BCUT2D eigenvalue weighted by molar-refractivity contribution is -0.143. The van der Waals surface area contributed by atoms with Crippen LogP contribution < -0.4 is 4.74 Å². The number of Topliss-reactive ketones (excluding diaryl/α,β-unsaturated/α-hetero) is 1. The molecule has 0 spiro atoms. The summed E-state index contributed by atoms with van der Waals surface area (Å²) < 4.78 is 18.8. The van der Waals surface area contributed by atoms with Gasteiger partial charge in [0.1, 0.15) is 17.4 Å². The SMILES string of the molecule is COC[C@H](C)n1c(C)cc(C(=O)COC(=O)C2c3ccccc3Oc3ccccc32)c1C. The van der Waals surface area contributed by atoms with Gasteiger partial charge in [-0.15, -0.1) is 0 Å². The van der Waals surface area contributed by atoms with Crippen molar-refractivity contribution in [3.8, 4) is 11.5 Å². The monoisotopic (exact) mass is 433 g/mol. The summed E-state index contributed by atoms with van der Waals surface area (Å²) in [5.74, 6) is -0.0949. The van der Waals surface area contributed by atoms with Crippen LogP contribution in [0.4, 0.5) is 0 Å². The Kier molecular flexibility index (Phi) is 6.15. The van der Waals surface area contributed by atoms with Gasteiger partial charge in [0, 0.05) is 35.2 Å². The second kappa shape index (κ2) is 9.01. The highest BCUT2D eigenvalue weighted by molar-refractivity contribution is 5.99. The molecule has 0 amide bonds. The number of methoxy groups -OCH3 is 1. The lowest BCUT2D eigenvalue weighted by Gasteiger charge is -2.26. The molecule has 4 rings (SSSR count). The molecule has 1 atom stereocenters. The van der Waals surface area contributed by atoms with Gasteiger partial charge in [-0.2, -0.15) is 0 Å². The van der Waals surface area contributed by atoms with Gasteiger partial charge in [-0.3, -0.25) is 9.59 Å². The van der Waals surface area contributed by atoms with Crippen molar-refractivity contribution in [2.45, 2.75) is 32.7 Å². The van der Waals surface area contributed by atoms with Gasteiger partial charge in [-0.05, 0) is 39.0 Å². The van der Waals surface area contributed by atoms with Crippen LogP contribution in [-0.4, -0.2) is 36.6 Å². The van der Waals surface area contributed by atoms with E-state index in [1.54, 1.807) is 7.11 Å². The highest BCUT2D eigenvalue weighted by Gasteiger charge is 2.34. The van der Waals surface area contributed by atoms with Crippen molar-refractivity contribution in [2.75, 3.05) is 20.3 Å². The first kappa shape index (κ1) is 21.8. The van der Waals surface area contributed by atoms with Gasteiger partial charge in [0.25, 0.3) is 0 Å². The van der Waals surface area contributed by atoms with Gasteiger partial charge in [0.15, 0.2) is 6.61 Å². The van der Waals surface area contributed by atoms with Gasteiger partial charge in [-0.1, -0.05) is 36.4 Å². The van der Waals surface area contributed by atoms with Crippen LogP contribution in [0.2, 0.25) is 0 Å². The maximum Gasteiger partial charge on any atom is 0.318 e. The van der Waals surface area contributed by atoms with Crippen LogP contribution in [0, 0.1) is 13.8 Å². The van der Waals surface area contributed by atoms with Crippen LogP contribution in [0.25, 0.3) is 0 Å². The van der Waals surface area contributed by atoms with E-state index in [0.717, 1.165) is 22.5 Å². The molecule has 0 saturated heterocycles. The summed E-state index contributed by atoms with van der Waals surface area (Å²) in [4.78, 5) is 26.1. The van der Waals surface area contributed by atoms with Crippen LogP contribution in [0.1, 0.15) is 51.8 Å². The minimum absolute atomic E-state index is 0.0966. The van der Waals surface area contributed by atoms with E-state index in [-0.39, 0.29) is 18.4 Å². The molecule has 0 radical (unpaired) electrons. The predicted octanol–water partition coefficient (Wildman–Crippen LogP) is 4.98. The van der Waals surface area contributed by atoms with Gasteiger partial charge in [0.2, 0.25) is 5.78 Å². The second-order valence-electron chi connectivity index (χ2n) is 8.10. The summed E-state index contributed by atoms with van der Waals surface area (Å²) in [6.45, 7) is 6.12. The molecule has 1 aliphatic rings. The number of carbonyl (C=O) groups is 2. The minimum atomic E-state index is -0.641. The van der Waals surface area contributed by atoms with Crippen LogP contribution in [0.5, 0.6) is 11.5 Å². The lowest BCUT2D eigenvalue weighted by atomic mass is 9.88. The predicted molar refractivity (Wildman–Crippen MR) is 121 cm³/mol. The molecule has 1 aromatic heterocycles. The molecule has 166 valence electrons. The fourth-order valence-electron chi connectivity index (χ4n) is 4.51. The highest BCUT2D eigenvalue weighted by atomic mass is 16.5. The van der Waals surface area contributed by atoms with E-state index in [0.29, 0.717) is 23.7 Å². The fourth-order valence-corrected chi connectivity index (χ4v) is 4.51. The average Bonchev–Trinajstić information content (AvgIpc) is 3.09. The van der Waals surface area contributed by atoms with E-state index in [9.17, 15) is 9.59 Å². The Hall–Kier alpha value is -3.38. The molecule has 0 fully saturated rings. The standard InChI is InChI=1S/C26H27NO5/c1-16-13-21(18(3)27(16)17(2)14-30-4)22(28)15-31-26(29)25-19-9-5-7-11-23(19)32-24-12-8-6-10-20(24)25/h5-13,17,25H,14-15H2,1-4H3/t17-/m0/s1. The molecular formula is C26H27NO5. The van der Waals surface area contributed by atoms with Gasteiger partial charge >= 0.3 is 5.97 Å². The van der Waals surface area contributed by atoms with Crippen molar-refractivity contribution in [3.63, 3.8) is 0 Å². The molecule has 3 aromatic rings. The first-order valence-corrected chi connectivity index (χ1v) is 10.6. The minimum Gasteiger partial charge on any atom is -0.457 e. The zero-order chi connectivity index (χ0) is 22.8. The highest BCUT2D eigenvalue weighted by Crippen LogP contribution is 2.44. The molecule has 32 heavy (non-hydrogen) atoms. The average molecular weight is 434 g/mol. The second-order valence-corrected chi connectivity index (χ2v) is 8.10. The summed E-state index contributed by atoms with van der Waals surface area (Å²) in [7, 11) is 1.66. The Morgan fingerprint density at radius 3 is 2.22 bits per heavy atom. The molecule has 0 N–H and O–H groups in total. The van der Waals surface area contributed by atoms with E-state index in [4.69, 9.17) is 14.2 Å². The van der Waals surface area contributed by atoms with Crippen molar-refractivity contribution < 1.29 is 23.8 Å². The van der Waals surface area contributed by atoms with Gasteiger partial charge in [0.05, 0.1) is 12.6 Å². The van der Waals surface area contributed by atoms with Crippen LogP contribution >= 0.6 is 0 Å². The number of esters is 1. The molecule has 0 unspecified atom stereocenters. The summed E-state index contributed by atoms with van der Waals surface area (Å²) in [6.07, 6.45) is 0. The smallest absolute Gasteiger partial charge is 0.318 e. The Balaban J connectivity index is 1.54. The zero-order valence-electron chi connectivity index (χ0n) is 18.8. The van der Waals surface area contributed by atoms with Crippen LogP contribution in [0.15, 0.2) is 54.6 Å². The molecule has 0 saturated carbocycles. The molecule has 0 aliphatic carbocycles. The number of fused-ring (bicyclic) bond motifs is 2. The molecule has 6 heteroatoms. The number of nitrogens with zero attached hydrogens (tertiary/aromatic N) is 1. The Morgan fingerprint density at radius 2 is 1.62 bits per heavy atom. The Labute approximate surface area is 187 Å².